The highest BCUT2D eigenvalue weighted by Gasteiger charge is 2.27. The second kappa shape index (κ2) is 6.60. The third-order valence-electron chi connectivity index (χ3n) is 3.31. The minimum atomic E-state index is -0.588. The standard InChI is InChI=1S/C16H22F2N2O2/c1-16(2,3)22-15(21)20-5-4-19-14(10-20)8-11-6-12(17)9-13(18)7-11/h6-7,9,14,19H,4-5,8,10H2,1-3H3. The third-order valence-corrected chi connectivity index (χ3v) is 3.31. The molecular formula is C16H22F2N2O2. The maximum atomic E-state index is 13.2. The first-order valence-corrected chi connectivity index (χ1v) is 7.39. The average Bonchev–Trinajstić information content (AvgIpc) is 2.35. The zero-order valence-corrected chi connectivity index (χ0v) is 13.2. The monoisotopic (exact) mass is 312 g/mol. The Bertz CT molecular complexity index is 523. The Balaban J connectivity index is 1.97. The molecule has 1 atom stereocenters. The molecule has 1 aromatic carbocycles. The first kappa shape index (κ1) is 16.7. The van der Waals surface area contributed by atoms with Gasteiger partial charge in [-0.15, -0.1) is 0 Å². The minimum absolute atomic E-state index is 0.0533. The van der Waals surface area contributed by atoms with Gasteiger partial charge < -0.3 is 15.0 Å². The molecule has 1 aliphatic heterocycles. The van der Waals surface area contributed by atoms with E-state index in [1.165, 1.54) is 12.1 Å². The smallest absolute Gasteiger partial charge is 0.410 e. The lowest BCUT2D eigenvalue weighted by Crippen LogP contribution is -2.54. The van der Waals surface area contributed by atoms with Crippen molar-refractivity contribution >= 4 is 6.09 Å². The number of hydrogen-bond acceptors (Lipinski definition) is 3. The van der Waals surface area contributed by atoms with Crippen LogP contribution in [0.3, 0.4) is 0 Å². The number of rotatable bonds is 2. The average molecular weight is 312 g/mol. The first-order valence-electron chi connectivity index (χ1n) is 7.39. The first-order chi connectivity index (χ1) is 10.2. The number of nitrogens with zero attached hydrogens (tertiary/aromatic N) is 1. The van der Waals surface area contributed by atoms with Gasteiger partial charge in [-0.1, -0.05) is 0 Å². The summed E-state index contributed by atoms with van der Waals surface area (Å²) in [5, 5.41) is 3.26. The van der Waals surface area contributed by atoms with E-state index in [1.54, 1.807) is 4.90 Å². The summed E-state index contributed by atoms with van der Waals surface area (Å²) in [7, 11) is 0. The van der Waals surface area contributed by atoms with Gasteiger partial charge in [0.15, 0.2) is 0 Å². The predicted octanol–water partition coefficient (Wildman–Crippen LogP) is 2.72. The molecule has 1 aromatic rings. The lowest BCUT2D eigenvalue weighted by atomic mass is 10.0. The molecule has 1 fully saturated rings. The maximum absolute atomic E-state index is 13.2. The molecule has 1 aliphatic rings. The normalized spacial score (nSPS) is 19.1. The lowest BCUT2D eigenvalue weighted by molar-refractivity contribution is 0.0195. The van der Waals surface area contributed by atoms with Crippen molar-refractivity contribution in [3.05, 3.63) is 35.4 Å². The molecule has 1 heterocycles. The molecule has 0 spiro atoms. The highest BCUT2D eigenvalue weighted by Crippen LogP contribution is 2.14. The molecular weight excluding hydrogens is 290 g/mol. The number of benzene rings is 1. The summed E-state index contributed by atoms with van der Waals surface area (Å²) < 4.78 is 31.8. The molecule has 1 saturated heterocycles. The number of amides is 1. The zero-order chi connectivity index (χ0) is 16.3. The fourth-order valence-electron chi connectivity index (χ4n) is 2.47. The van der Waals surface area contributed by atoms with E-state index in [1.807, 2.05) is 20.8 Å². The van der Waals surface area contributed by atoms with Gasteiger partial charge in [0.1, 0.15) is 17.2 Å². The van der Waals surface area contributed by atoms with Gasteiger partial charge >= 0.3 is 6.09 Å². The molecule has 0 radical (unpaired) electrons. The molecule has 122 valence electrons. The molecule has 6 heteroatoms. The number of piperazine rings is 1. The van der Waals surface area contributed by atoms with Crippen molar-refractivity contribution in [2.45, 2.75) is 38.8 Å². The molecule has 22 heavy (non-hydrogen) atoms. The summed E-state index contributed by atoms with van der Waals surface area (Å²) in [6.07, 6.45) is 0.0953. The van der Waals surface area contributed by atoms with E-state index in [0.717, 1.165) is 6.07 Å². The Kier molecular flexibility index (Phi) is 5.01. The van der Waals surface area contributed by atoms with E-state index < -0.39 is 17.2 Å². The molecule has 1 N–H and O–H groups in total. The van der Waals surface area contributed by atoms with Crippen molar-refractivity contribution in [3.8, 4) is 0 Å². The van der Waals surface area contributed by atoms with Crippen LogP contribution in [-0.2, 0) is 11.2 Å². The van der Waals surface area contributed by atoms with Gasteiger partial charge in [-0.25, -0.2) is 13.6 Å². The van der Waals surface area contributed by atoms with Gasteiger partial charge in [0.05, 0.1) is 0 Å². The van der Waals surface area contributed by atoms with Crippen LogP contribution in [0.2, 0.25) is 0 Å². The van der Waals surface area contributed by atoms with Crippen LogP contribution in [0.25, 0.3) is 0 Å². The van der Waals surface area contributed by atoms with Gasteiger partial charge in [-0.2, -0.15) is 0 Å². The highest BCUT2D eigenvalue weighted by molar-refractivity contribution is 5.68. The van der Waals surface area contributed by atoms with Crippen LogP contribution in [-0.4, -0.2) is 42.3 Å². The van der Waals surface area contributed by atoms with Gasteiger partial charge in [0.2, 0.25) is 0 Å². The van der Waals surface area contributed by atoms with Crippen LogP contribution in [0, 0.1) is 11.6 Å². The molecule has 4 nitrogen and oxygen atoms in total. The molecule has 0 aliphatic carbocycles. The lowest BCUT2D eigenvalue weighted by Gasteiger charge is -2.35. The zero-order valence-electron chi connectivity index (χ0n) is 13.2. The molecule has 2 rings (SSSR count). The molecule has 1 amide bonds. The van der Waals surface area contributed by atoms with Gasteiger partial charge in [-0.3, -0.25) is 0 Å². The Labute approximate surface area is 129 Å². The summed E-state index contributed by atoms with van der Waals surface area (Å²) in [6, 6.07) is 3.43. The van der Waals surface area contributed by atoms with Gasteiger partial charge in [0, 0.05) is 31.7 Å². The highest BCUT2D eigenvalue weighted by atomic mass is 19.1. The topological polar surface area (TPSA) is 41.6 Å². The van der Waals surface area contributed by atoms with Crippen LogP contribution >= 0.6 is 0 Å². The minimum Gasteiger partial charge on any atom is -0.444 e. The number of halogens is 2. The van der Waals surface area contributed by atoms with E-state index in [4.69, 9.17) is 4.74 Å². The fraction of sp³-hybridized carbons (Fsp3) is 0.562. The van der Waals surface area contributed by atoms with Crippen molar-refractivity contribution in [2.24, 2.45) is 0 Å². The fourth-order valence-corrected chi connectivity index (χ4v) is 2.47. The number of ether oxygens (including phenoxy) is 1. The third kappa shape index (κ3) is 4.94. The van der Waals surface area contributed by atoms with Crippen molar-refractivity contribution in [2.75, 3.05) is 19.6 Å². The Morgan fingerprint density at radius 2 is 1.95 bits per heavy atom. The van der Waals surface area contributed by atoms with Gasteiger partial charge in [0.25, 0.3) is 0 Å². The van der Waals surface area contributed by atoms with Crippen molar-refractivity contribution in [1.29, 1.82) is 0 Å². The quantitative estimate of drug-likeness (QED) is 0.913. The van der Waals surface area contributed by atoms with Crippen molar-refractivity contribution in [1.82, 2.24) is 10.2 Å². The summed E-state index contributed by atoms with van der Waals surface area (Å²) in [5.41, 5.74) is 0.0319. The maximum Gasteiger partial charge on any atom is 0.410 e. The van der Waals surface area contributed by atoms with E-state index in [9.17, 15) is 13.6 Å². The van der Waals surface area contributed by atoms with Crippen LogP contribution in [0.5, 0.6) is 0 Å². The summed E-state index contributed by atoms with van der Waals surface area (Å²) in [6.45, 7) is 7.10. The van der Waals surface area contributed by atoms with Crippen molar-refractivity contribution < 1.29 is 18.3 Å². The predicted molar refractivity (Wildman–Crippen MR) is 79.7 cm³/mol. The van der Waals surface area contributed by atoms with Crippen LogP contribution < -0.4 is 5.32 Å². The van der Waals surface area contributed by atoms with Crippen molar-refractivity contribution in [3.63, 3.8) is 0 Å². The van der Waals surface area contributed by atoms with E-state index >= 15 is 0 Å². The molecule has 0 saturated carbocycles. The largest absolute Gasteiger partial charge is 0.444 e. The Morgan fingerprint density at radius 1 is 1.32 bits per heavy atom. The second-order valence-corrected chi connectivity index (χ2v) is 6.56. The Morgan fingerprint density at radius 3 is 2.55 bits per heavy atom. The molecule has 1 unspecified atom stereocenters. The summed E-state index contributed by atoms with van der Waals surface area (Å²) in [4.78, 5) is 13.7. The number of carbonyl (C=O) groups excluding carboxylic acids is 1. The Hall–Kier alpha value is -1.69. The second-order valence-electron chi connectivity index (χ2n) is 6.56. The summed E-state index contributed by atoms with van der Waals surface area (Å²) >= 11 is 0. The van der Waals surface area contributed by atoms with Gasteiger partial charge in [-0.05, 0) is 44.9 Å². The van der Waals surface area contributed by atoms with E-state index in [-0.39, 0.29) is 12.1 Å². The van der Waals surface area contributed by atoms with Crippen LogP contribution in [0.1, 0.15) is 26.3 Å². The number of carbonyl (C=O) groups is 1. The summed E-state index contributed by atoms with van der Waals surface area (Å²) in [5.74, 6) is -1.18. The number of hydrogen-bond donors (Lipinski definition) is 1. The molecule has 0 bridgehead atoms. The van der Waals surface area contributed by atoms with E-state index in [2.05, 4.69) is 5.32 Å². The van der Waals surface area contributed by atoms with Crippen LogP contribution in [0.4, 0.5) is 13.6 Å². The van der Waals surface area contributed by atoms with E-state index in [0.29, 0.717) is 31.6 Å². The van der Waals surface area contributed by atoms with Crippen LogP contribution in [0.15, 0.2) is 18.2 Å². The SMILES string of the molecule is CC(C)(C)OC(=O)N1CCNC(Cc2cc(F)cc(F)c2)C1. The number of nitrogens with one attached hydrogen (secondary N) is 1. The molecule has 0 aromatic heterocycles.